The Morgan fingerprint density at radius 1 is 1.03 bits per heavy atom. The number of carboxylic acid groups (broad SMARTS) is 1. The molecule has 1 aliphatic rings. The van der Waals surface area contributed by atoms with Crippen LogP contribution in [-0.2, 0) is 48.2 Å². The van der Waals surface area contributed by atoms with Gasteiger partial charge >= 0.3 is 12.1 Å². The molecular formula is C30H36N2O6. The zero-order chi connectivity index (χ0) is 26.9. The minimum Gasteiger partial charge on any atom is -0.493 e. The van der Waals surface area contributed by atoms with Crippen LogP contribution in [0.4, 0.5) is 4.79 Å². The summed E-state index contributed by atoms with van der Waals surface area (Å²) < 4.78 is 17.4. The molecule has 0 bridgehead atoms. The van der Waals surface area contributed by atoms with Gasteiger partial charge in [0.2, 0.25) is 0 Å². The molecule has 1 N–H and O–H groups in total. The fraction of sp³-hybridized carbons (Fsp3) is 0.433. The smallest absolute Gasteiger partial charge is 0.410 e. The highest BCUT2D eigenvalue weighted by atomic mass is 16.6. The van der Waals surface area contributed by atoms with Gasteiger partial charge in [-0.05, 0) is 55.4 Å². The van der Waals surface area contributed by atoms with E-state index in [4.69, 9.17) is 18.9 Å². The molecule has 38 heavy (non-hydrogen) atoms. The van der Waals surface area contributed by atoms with E-state index in [1.54, 1.807) is 4.90 Å². The third-order valence-electron chi connectivity index (χ3n) is 6.77. The summed E-state index contributed by atoms with van der Waals surface area (Å²) in [7, 11) is 0. The second-order valence-corrected chi connectivity index (χ2v) is 9.55. The lowest BCUT2D eigenvalue weighted by Gasteiger charge is -2.31. The monoisotopic (exact) mass is 520 g/mol. The Morgan fingerprint density at radius 2 is 1.84 bits per heavy atom. The van der Waals surface area contributed by atoms with E-state index in [0.29, 0.717) is 45.6 Å². The molecule has 2 aromatic carbocycles. The molecule has 0 saturated heterocycles. The number of rotatable bonds is 12. The van der Waals surface area contributed by atoms with E-state index >= 15 is 0 Å². The molecule has 0 unspecified atom stereocenters. The number of aryl methyl sites for hydroxylation is 4. The van der Waals surface area contributed by atoms with Gasteiger partial charge in [-0.3, -0.25) is 4.79 Å². The first-order valence-electron chi connectivity index (χ1n) is 13.3. The Bertz CT molecular complexity index is 1240. The largest absolute Gasteiger partial charge is 0.493 e. The summed E-state index contributed by atoms with van der Waals surface area (Å²) in [5.41, 5.74) is 5.07. The van der Waals surface area contributed by atoms with E-state index in [9.17, 15) is 14.7 Å². The standard InChI is InChI=1S/C30H36N2O6/c1-3-18-37-30(35)32-17-15-24-25(20-32)23(11-14-29(33)34)10-12-27(24)36-19-16-26-21(2)38-28(31-26)13-9-22-7-5-4-6-8-22/h4-8,10,12H,3,9,11,13-20H2,1-2H3,(H,33,34). The molecule has 4 rings (SSSR count). The number of benzene rings is 2. The number of nitrogens with zero attached hydrogens (tertiary/aromatic N) is 2. The number of ether oxygens (including phenoxy) is 2. The fourth-order valence-corrected chi connectivity index (χ4v) is 4.74. The van der Waals surface area contributed by atoms with Crippen molar-refractivity contribution in [2.75, 3.05) is 19.8 Å². The Kier molecular flexibility index (Phi) is 9.40. The third-order valence-corrected chi connectivity index (χ3v) is 6.77. The molecule has 202 valence electrons. The first-order chi connectivity index (χ1) is 18.4. The van der Waals surface area contributed by atoms with Gasteiger partial charge in [0, 0.05) is 37.9 Å². The number of hydrogen-bond donors (Lipinski definition) is 1. The van der Waals surface area contributed by atoms with E-state index in [1.807, 2.05) is 44.2 Å². The maximum Gasteiger partial charge on any atom is 0.410 e. The van der Waals surface area contributed by atoms with E-state index in [1.165, 1.54) is 5.56 Å². The second kappa shape index (κ2) is 13.1. The summed E-state index contributed by atoms with van der Waals surface area (Å²) in [4.78, 5) is 30.0. The van der Waals surface area contributed by atoms with Crippen molar-refractivity contribution in [3.05, 3.63) is 82.1 Å². The van der Waals surface area contributed by atoms with Crippen molar-refractivity contribution >= 4 is 12.1 Å². The minimum atomic E-state index is -0.847. The number of oxazole rings is 1. The number of aromatic nitrogens is 1. The molecule has 2 heterocycles. The molecule has 3 aromatic rings. The Hall–Kier alpha value is -3.81. The predicted molar refractivity (Wildman–Crippen MR) is 142 cm³/mol. The van der Waals surface area contributed by atoms with Crippen LogP contribution in [0.25, 0.3) is 0 Å². The van der Waals surface area contributed by atoms with Crippen molar-refractivity contribution < 1.29 is 28.6 Å². The number of aliphatic carboxylic acids is 1. The molecule has 1 aromatic heterocycles. The lowest BCUT2D eigenvalue weighted by Crippen LogP contribution is -2.37. The first-order valence-corrected chi connectivity index (χ1v) is 13.3. The molecule has 0 atom stereocenters. The van der Waals surface area contributed by atoms with Crippen LogP contribution in [0.15, 0.2) is 46.9 Å². The average Bonchev–Trinajstić information content (AvgIpc) is 3.29. The van der Waals surface area contributed by atoms with Crippen LogP contribution in [-0.4, -0.2) is 46.8 Å². The van der Waals surface area contributed by atoms with Gasteiger partial charge in [0.25, 0.3) is 0 Å². The molecule has 0 radical (unpaired) electrons. The van der Waals surface area contributed by atoms with Crippen LogP contribution in [0.2, 0.25) is 0 Å². The van der Waals surface area contributed by atoms with Crippen LogP contribution >= 0.6 is 0 Å². The molecule has 0 saturated carbocycles. The minimum absolute atomic E-state index is 0.0327. The Labute approximate surface area is 223 Å². The Morgan fingerprint density at radius 3 is 2.61 bits per heavy atom. The van der Waals surface area contributed by atoms with Crippen molar-refractivity contribution in [2.45, 2.75) is 65.3 Å². The van der Waals surface area contributed by atoms with E-state index < -0.39 is 5.97 Å². The van der Waals surface area contributed by atoms with Crippen molar-refractivity contribution in [2.24, 2.45) is 0 Å². The lowest BCUT2D eigenvalue weighted by atomic mass is 9.92. The third kappa shape index (κ3) is 7.15. The van der Waals surface area contributed by atoms with Gasteiger partial charge in [0.1, 0.15) is 11.5 Å². The number of carbonyl (C=O) groups is 2. The maximum atomic E-state index is 12.5. The zero-order valence-corrected chi connectivity index (χ0v) is 22.2. The summed E-state index contributed by atoms with van der Waals surface area (Å²) in [6, 6.07) is 14.1. The summed E-state index contributed by atoms with van der Waals surface area (Å²) in [5.74, 6) is 1.46. The first kappa shape index (κ1) is 27.2. The van der Waals surface area contributed by atoms with Gasteiger partial charge < -0.3 is 23.9 Å². The molecule has 8 nitrogen and oxygen atoms in total. The molecule has 0 fully saturated rings. The van der Waals surface area contributed by atoms with E-state index in [2.05, 4.69) is 12.1 Å². The van der Waals surface area contributed by atoms with Crippen molar-refractivity contribution in [1.82, 2.24) is 9.88 Å². The van der Waals surface area contributed by atoms with Crippen molar-refractivity contribution in [1.29, 1.82) is 0 Å². The van der Waals surface area contributed by atoms with Crippen LogP contribution in [0.1, 0.15) is 59.4 Å². The number of carbonyl (C=O) groups excluding carboxylic acids is 1. The van der Waals surface area contributed by atoms with Crippen molar-refractivity contribution in [3.8, 4) is 5.75 Å². The summed E-state index contributed by atoms with van der Waals surface area (Å²) in [5, 5.41) is 9.19. The normalized spacial score (nSPS) is 12.7. The van der Waals surface area contributed by atoms with Gasteiger partial charge in [0.05, 0.1) is 18.9 Å². The molecule has 0 aliphatic carbocycles. The number of carboxylic acids is 1. The van der Waals surface area contributed by atoms with Gasteiger partial charge in [-0.25, -0.2) is 9.78 Å². The highest BCUT2D eigenvalue weighted by Gasteiger charge is 2.26. The van der Waals surface area contributed by atoms with Crippen molar-refractivity contribution in [3.63, 3.8) is 0 Å². The topological polar surface area (TPSA) is 102 Å². The van der Waals surface area contributed by atoms with Crippen LogP contribution < -0.4 is 4.74 Å². The van der Waals surface area contributed by atoms with Gasteiger partial charge in [-0.15, -0.1) is 0 Å². The SMILES string of the molecule is CCCOC(=O)N1CCc2c(OCCc3nc(CCc4ccccc4)oc3C)ccc(CCC(=O)O)c2C1. The predicted octanol–water partition coefficient (Wildman–Crippen LogP) is 5.31. The van der Waals surface area contributed by atoms with Crippen LogP contribution in [0.5, 0.6) is 5.75 Å². The fourth-order valence-electron chi connectivity index (χ4n) is 4.74. The average molecular weight is 521 g/mol. The quantitative estimate of drug-likeness (QED) is 0.345. The van der Waals surface area contributed by atoms with Gasteiger partial charge in [-0.2, -0.15) is 0 Å². The summed E-state index contributed by atoms with van der Waals surface area (Å²) in [6.07, 6.45) is 3.72. The van der Waals surface area contributed by atoms with Gasteiger partial charge in [-0.1, -0.05) is 43.3 Å². The van der Waals surface area contributed by atoms with Crippen LogP contribution in [0.3, 0.4) is 0 Å². The zero-order valence-electron chi connectivity index (χ0n) is 22.2. The number of amides is 1. The summed E-state index contributed by atoms with van der Waals surface area (Å²) in [6.45, 7) is 5.62. The van der Waals surface area contributed by atoms with Crippen LogP contribution in [0, 0.1) is 6.92 Å². The number of hydrogen-bond acceptors (Lipinski definition) is 6. The molecule has 1 amide bonds. The second-order valence-electron chi connectivity index (χ2n) is 9.55. The maximum absolute atomic E-state index is 12.5. The molecule has 8 heteroatoms. The van der Waals surface area contributed by atoms with E-state index in [0.717, 1.165) is 59.0 Å². The lowest BCUT2D eigenvalue weighted by molar-refractivity contribution is -0.136. The molecular weight excluding hydrogens is 484 g/mol. The van der Waals surface area contributed by atoms with Gasteiger partial charge in [0.15, 0.2) is 5.89 Å². The Balaban J connectivity index is 1.41. The number of fused-ring (bicyclic) bond motifs is 1. The highest BCUT2D eigenvalue weighted by molar-refractivity contribution is 5.69. The van der Waals surface area contributed by atoms with E-state index in [-0.39, 0.29) is 12.5 Å². The molecule has 0 spiro atoms. The summed E-state index contributed by atoms with van der Waals surface area (Å²) >= 11 is 0. The highest BCUT2D eigenvalue weighted by Crippen LogP contribution is 2.32. The molecule has 1 aliphatic heterocycles.